The van der Waals surface area contributed by atoms with Gasteiger partial charge in [-0.1, -0.05) is 54.1 Å². The SMILES string of the molecule is COC[C@@H]1CCCN1Cc1ccc(CCNC(=O)c2ccc(-c3ccc(Cl)cc3)cc2N)cc1. The van der Waals surface area contributed by atoms with Crippen molar-refractivity contribution in [2.24, 2.45) is 0 Å². The van der Waals surface area contributed by atoms with Crippen LogP contribution in [-0.4, -0.2) is 43.7 Å². The molecule has 0 unspecified atom stereocenters. The Morgan fingerprint density at radius 1 is 1.06 bits per heavy atom. The number of carbonyl (C=O) groups excluding carboxylic acids is 1. The second-order valence-corrected chi connectivity index (χ2v) is 9.29. The fourth-order valence-corrected chi connectivity index (χ4v) is 4.66. The van der Waals surface area contributed by atoms with Gasteiger partial charge in [-0.25, -0.2) is 0 Å². The van der Waals surface area contributed by atoms with Crippen molar-refractivity contribution in [3.05, 3.63) is 88.4 Å². The smallest absolute Gasteiger partial charge is 0.253 e. The van der Waals surface area contributed by atoms with Crippen LogP contribution in [0.2, 0.25) is 5.02 Å². The minimum absolute atomic E-state index is 0.157. The van der Waals surface area contributed by atoms with E-state index in [1.807, 2.05) is 36.4 Å². The van der Waals surface area contributed by atoms with Gasteiger partial charge in [0.2, 0.25) is 0 Å². The second-order valence-electron chi connectivity index (χ2n) is 8.85. The van der Waals surface area contributed by atoms with Gasteiger partial charge in [-0.15, -0.1) is 0 Å². The van der Waals surface area contributed by atoms with Crippen molar-refractivity contribution >= 4 is 23.2 Å². The zero-order valence-electron chi connectivity index (χ0n) is 19.6. The molecule has 1 amide bonds. The third-order valence-electron chi connectivity index (χ3n) is 6.44. The number of hydrogen-bond donors (Lipinski definition) is 2. The van der Waals surface area contributed by atoms with Crippen molar-refractivity contribution in [2.45, 2.75) is 31.8 Å². The molecule has 5 nitrogen and oxygen atoms in total. The van der Waals surface area contributed by atoms with Gasteiger partial charge in [0, 0.05) is 37.0 Å². The van der Waals surface area contributed by atoms with E-state index in [1.165, 1.54) is 24.0 Å². The highest BCUT2D eigenvalue weighted by atomic mass is 35.5. The van der Waals surface area contributed by atoms with E-state index < -0.39 is 0 Å². The van der Waals surface area contributed by atoms with E-state index in [9.17, 15) is 4.79 Å². The molecule has 3 aromatic rings. The van der Waals surface area contributed by atoms with E-state index in [1.54, 1.807) is 13.2 Å². The number of ether oxygens (including phenoxy) is 1. The lowest BCUT2D eigenvalue weighted by atomic mass is 10.0. The number of methoxy groups -OCH3 is 1. The van der Waals surface area contributed by atoms with E-state index >= 15 is 0 Å². The first kappa shape index (κ1) is 24.3. The number of nitrogens with one attached hydrogen (secondary N) is 1. The van der Waals surface area contributed by atoms with E-state index in [4.69, 9.17) is 22.1 Å². The van der Waals surface area contributed by atoms with Gasteiger partial charge in [-0.05, 0) is 72.3 Å². The predicted octanol–water partition coefficient (Wildman–Crippen LogP) is 5.17. The minimum atomic E-state index is -0.157. The van der Waals surface area contributed by atoms with Crippen LogP contribution in [0.5, 0.6) is 0 Å². The molecule has 1 aliphatic heterocycles. The molecule has 1 saturated heterocycles. The molecule has 1 atom stereocenters. The Morgan fingerprint density at radius 3 is 2.47 bits per heavy atom. The molecule has 178 valence electrons. The molecular formula is C28H32ClN3O2. The molecule has 3 aromatic carbocycles. The fourth-order valence-electron chi connectivity index (χ4n) is 4.54. The van der Waals surface area contributed by atoms with Gasteiger partial charge >= 0.3 is 0 Å². The van der Waals surface area contributed by atoms with Crippen molar-refractivity contribution in [1.82, 2.24) is 10.2 Å². The number of halogens is 1. The van der Waals surface area contributed by atoms with Crippen molar-refractivity contribution in [2.75, 3.05) is 32.5 Å². The summed E-state index contributed by atoms with van der Waals surface area (Å²) in [5.74, 6) is -0.157. The lowest BCUT2D eigenvalue weighted by Gasteiger charge is -2.23. The van der Waals surface area contributed by atoms with Gasteiger partial charge in [0.1, 0.15) is 0 Å². The normalized spacial score (nSPS) is 16.0. The van der Waals surface area contributed by atoms with Crippen LogP contribution in [0.25, 0.3) is 11.1 Å². The molecule has 0 aliphatic carbocycles. The van der Waals surface area contributed by atoms with Gasteiger partial charge in [0.15, 0.2) is 0 Å². The Morgan fingerprint density at radius 2 is 1.76 bits per heavy atom. The van der Waals surface area contributed by atoms with Crippen molar-refractivity contribution in [1.29, 1.82) is 0 Å². The number of benzene rings is 3. The van der Waals surface area contributed by atoms with Gasteiger partial charge in [0.05, 0.1) is 12.2 Å². The maximum Gasteiger partial charge on any atom is 0.253 e. The summed E-state index contributed by atoms with van der Waals surface area (Å²) in [4.78, 5) is 15.2. The predicted molar refractivity (Wildman–Crippen MR) is 139 cm³/mol. The first-order valence-corrected chi connectivity index (χ1v) is 12.2. The van der Waals surface area contributed by atoms with Gasteiger partial charge in [0.25, 0.3) is 5.91 Å². The number of nitrogen functional groups attached to an aromatic ring is 1. The monoisotopic (exact) mass is 477 g/mol. The number of amides is 1. The number of hydrogen-bond acceptors (Lipinski definition) is 4. The molecule has 1 aliphatic rings. The highest BCUT2D eigenvalue weighted by molar-refractivity contribution is 6.30. The molecule has 34 heavy (non-hydrogen) atoms. The van der Waals surface area contributed by atoms with Crippen LogP contribution in [0.15, 0.2) is 66.7 Å². The Hall–Kier alpha value is -2.86. The molecule has 0 saturated carbocycles. The summed E-state index contributed by atoms with van der Waals surface area (Å²) >= 11 is 5.96. The number of anilines is 1. The topological polar surface area (TPSA) is 67.6 Å². The minimum Gasteiger partial charge on any atom is -0.398 e. The molecule has 0 aromatic heterocycles. The van der Waals surface area contributed by atoms with E-state index in [2.05, 4.69) is 34.5 Å². The van der Waals surface area contributed by atoms with Crippen molar-refractivity contribution in [3.63, 3.8) is 0 Å². The number of likely N-dealkylation sites (tertiary alicyclic amines) is 1. The summed E-state index contributed by atoms with van der Waals surface area (Å²) in [6.45, 7) is 3.44. The van der Waals surface area contributed by atoms with Crippen LogP contribution >= 0.6 is 11.6 Å². The molecule has 6 heteroatoms. The van der Waals surface area contributed by atoms with Crippen molar-refractivity contribution < 1.29 is 9.53 Å². The number of nitrogens with two attached hydrogens (primary N) is 1. The average molecular weight is 478 g/mol. The largest absolute Gasteiger partial charge is 0.398 e. The van der Waals surface area contributed by atoms with Crippen LogP contribution < -0.4 is 11.1 Å². The molecule has 1 heterocycles. The fraction of sp³-hybridized carbons (Fsp3) is 0.321. The van der Waals surface area contributed by atoms with Crippen molar-refractivity contribution in [3.8, 4) is 11.1 Å². The quantitative estimate of drug-likeness (QED) is 0.417. The van der Waals surface area contributed by atoms with Gasteiger partial charge in [-0.2, -0.15) is 0 Å². The lowest BCUT2D eigenvalue weighted by Crippen LogP contribution is -2.32. The number of carbonyl (C=O) groups is 1. The van der Waals surface area contributed by atoms with E-state index in [0.29, 0.717) is 28.9 Å². The Bertz CT molecular complexity index is 1100. The highest BCUT2D eigenvalue weighted by Crippen LogP contribution is 2.25. The first-order chi connectivity index (χ1) is 16.5. The molecule has 0 bridgehead atoms. The summed E-state index contributed by atoms with van der Waals surface area (Å²) in [5, 5.41) is 3.67. The third kappa shape index (κ3) is 6.17. The van der Waals surface area contributed by atoms with Crippen LogP contribution in [0.3, 0.4) is 0 Å². The molecule has 3 N–H and O–H groups in total. The lowest BCUT2D eigenvalue weighted by molar-refractivity contribution is 0.0955. The zero-order chi connectivity index (χ0) is 23.9. The average Bonchev–Trinajstić information content (AvgIpc) is 3.27. The highest BCUT2D eigenvalue weighted by Gasteiger charge is 2.24. The maximum absolute atomic E-state index is 12.7. The van der Waals surface area contributed by atoms with Gasteiger partial charge < -0.3 is 15.8 Å². The van der Waals surface area contributed by atoms with Gasteiger partial charge in [-0.3, -0.25) is 9.69 Å². The van der Waals surface area contributed by atoms with Crippen LogP contribution in [0.4, 0.5) is 5.69 Å². The van der Waals surface area contributed by atoms with Crippen LogP contribution in [0, 0.1) is 0 Å². The summed E-state index contributed by atoms with van der Waals surface area (Å²) in [5.41, 5.74) is 11.6. The van der Waals surface area contributed by atoms with E-state index in [0.717, 1.165) is 37.2 Å². The number of nitrogens with zero attached hydrogens (tertiary/aromatic N) is 1. The second kappa shape index (κ2) is 11.5. The summed E-state index contributed by atoms with van der Waals surface area (Å²) < 4.78 is 5.36. The Labute approximate surface area is 206 Å². The summed E-state index contributed by atoms with van der Waals surface area (Å²) in [7, 11) is 1.77. The first-order valence-electron chi connectivity index (χ1n) is 11.8. The molecule has 1 fully saturated rings. The van der Waals surface area contributed by atoms with Crippen LogP contribution in [0.1, 0.15) is 34.3 Å². The molecule has 0 spiro atoms. The Balaban J connectivity index is 1.28. The maximum atomic E-state index is 12.7. The van der Waals surface area contributed by atoms with Crippen LogP contribution in [-0.2, 0) is 17.7 Å². The van der Waals surface area contributed by atoms with E-state index in [-0.39, 0.29) is 5.91 Å². The summed E-state index contributed by atoms with van der Waals surface area (Å²) in [6.07, 6.45) is 3.21. The Kier molecular flexibility index (Phi) is 8.22. The third-order valence-corrected chi connectivity index (χ3v) is 6.69. The standard InChI is InChI=1S/C28H32ClN3O2/c1-34-19-25-3-2-16-32(25)18-21-6-4-20(5-7-21)14-15-31-28(33)26-13-10-23(17-27(26)30)22-8-11-24(29)12-9-22/h4-13,17,25H,2-3,14-16,18-19,30H2,1H3,(H,31,33)/t25-/m0/s1. The zero-order valence-corrected chi connectivity index (χ0v) is 20.4. The number of rotatable bonds is 9. The molecule has 4 rings (SSSR count). The molecule has 0 radical (unpaired) electrons. The molecular weight excluding hydrogens is 446 g/mol. The summed E-state index contributed by atoms with van der Waals surface area (Å²) in [6, 6.07) is 22.3.